The number of nitrogens with zero attached hydrogens (tertiary/aromatic N) is 3. The number of carbonyl (C=O) groups is 1. The van der Waals surface area contributed by atoms with Gasteiger partial charge >= 0.3 is 13.7 Å². The molecule has 0 radical (unpaired) electrons. The highest BCUT2D eigenvalue weighted by molar-refractivity contribution is 7.52. The molecule has 1 aliphatic heterocycles. The number of aliphatic hydroxyl groups is 2. The average Bonchev–Trinajstić information content (AvgIpc) is 3.43. The molecule has 1 saturated heterocycles. The molecule has 6 atom stereocenters. The molecule has 0 spiro atoms. The zero-order chi connectivity index (χ0) is 28.4. The number of nitrogens with one attached hydrogen (secondary N) is 1. The lowest BCUT2D eigenvalue weighted by molar-refractivity contribution is -0.149. The van der Waals surface area contributed by atoms with E-state index in [1.54, 1.807) is 44.3 Å². The van der Waals surface area contributed by atoms with E-state index in [2.05, 4.69) is 21.0 Å². The van der Waals surface area contributed by atoms with E-state index in [-0.39, 0.29) is 11.6 Å². The number of terminal acetylenes is 1. The van der Waals surface area contributed by atoms with E-state index >= 15 is 0 Å². The number of carbonyl (C=O) groups excluding carboxylic acids is 1. The number of benzene rings is 1. The van der Waals surface area contributed by atoms with Gasteiger partial charge in [-0.15, -0.1) is 6.42 Å². The highest BCUT2D eigenvalue weighted by Gasteiger charge is 2.56. The third-order valence-corrected chi connectivity index (χ3v) is 7.58. The molecule has 13 nitrogen and oxygen atoms in total. The number of anilines is 1. The van der Waals surface area contributed by atoms with Crippen LogP contribution in [0.2, 0.25) is 0 Å². The maximum Gasteiger partial charge on any atom is 0.459 e. The Bertz CT molecular complexity index is 1410. The van der Waals surface area contributed by atoms with Crippen molar-refractivity contribution in [2.75, 3.05) is 12.3 Å². The fraction of sp³-hybridized carbons (Fsp3) is 0.400. The molecule has 0 aliphatic carbocycles. The molecule has 3 heterocycles. The molecule has 2 aromatic heterocycles. The van der Waals surface area contributed by atoms with Gasteiger partial charge in [-0.25, -0.2) is 14.5 Å². The van der Waals surface area contributed by atoms with Crippen molar-refractivity contribution in [2.45, 2.75) is 57.0 Å². The summed E-state index contributed by atoms with van der Waals surface area (Å²) >= 11 is 0. The van der Waals surface area contributed by atoms with Gasteiger partial charge in [0.05, 0.1) is 11.5 Å². The van der Waals surface area contributed by atoms with Crippen molar-refractivity contribution in [1.29, 1.82) is 0 Å². The number of hydrogen-bond donors (Lipinski definition) is 4. The molecule has 1 unspecified atom stereocenters. The summed E-state index contributed by atoms with van der Waals surface area (Å²) in [4.78, 5) is 20.5. The lowest BCUT2D eigenvalue weighted by Gasteiger charge is -2.29. The highest BCUT2D eigenvalue weighted by Crippen LogP contribution is 2.48. The van der Waals surface area contributed by atoms with Gasteiger partial charge in [-0.3, -0.25) is 9.32 Å². The van der Waals surface area contributed by atoms with Gasteiger partial charge in [0.25, 0.3) is 0 Å². The number of nitrogen functional groups attached to an aromatic ring is 1. The van der Waals surface area contributed by atoms with E-state index < -0.39 is 56.5 Å². The van der Waals surface area contributed by atoms with Gasteiger partial charge in [-0.1, -0.05) is 24.1 Å². The monoisotopic (exact) mass is 559 g/mol. The zero-order valence-corrected chi connectivity index (χ0v) is 22.4. The molecular weight excluding hydrogens is 529 g/mol. The summed E-state index contributed by atoms with van der Waals surface area (Å²) in [6.07, 6.45) is 3.75. The first-order valence-electron chi connectivity index (χ1n) is 12.0. The van der Waals surface area contributed by atoms with Crippen LogP contribution in [0.15, 0.2) is 48.9 Å². The van der Waals surface area contributed by atoms with E-state index in [4.69, 9.17) is 30.7 Å². The molecule has 0 saturated carbocycles. The number of ether oxygens (including phenoxy) is 2. The van der Waals surface area contributed by atoms with Crippen molar-refractivity contribution in [1.82, 2.24) is 19.6 Å². The second kappa shape index (κ2) is 11.3. The average molecular weight is 560 g/mol. The number of para-hydroxylation sites is 1. The predicted octanol–water partition coefficient (Wildman–Crippen LogP) is 1.77. The Kier molecular flexibility index (Phi) is 8.27. The molecule has 0 bridgehead atoms. The molecule has 4 rings (SSSR count). The van der Waals surface area contributed by atoms with Crippen LogP contribution in [0.5, 0.6) is 5.75 Å². The summed E-state index contributed by atoms with van der Waals surface area (Å²) in [7, 11) is -4.34. The maximum absolute atomic E-state index is 13.8. The van der Waals surface area contributed by atoms with Crippen LogP contribution in [-0.2, 0) is 23.4 Å². The second-order valence-electron chi connectivity index (χ2n) is 9.21. The Morgan fingerprint density at radius 1 is 1.28 bits per heavy atom. The minimum absolute atomic E-state index is 0.175. The summed E-state index contributed by atoms with van der Waals surface area (Å²) < 4.78 is 37.7. The first kappa shape index (κ1) is 28.5. The Hall–Kier alpha value is -3.50. The van der Waals surface area contributed by atoms with Gasteiger partial charge in [0.1, 0.15) is 48.4 Å². The first-order valence-corrected chi connectivity index (χ1v) is 13.6. The third-order valence-electron chi connectivity index (χ3n) is 5.96. The van der Waals surface area contributed by atoms with Crippen molar-refractivity contribution in [3.63, 3.8) is 0 Å². The fourth-order valence-corrected chi connectivity index (χ4v) is 5.52. The summed E-state index contributed by atoms with van der Waals surface area (Å²) in [5.41, 5.74) is 4.28. The van der Waals surface area contributed by atoms with Crippen LogP contribution < -0.4 is 15.3 Å². The van der Waals surface area contributed by atoms with Crippen LogP contribution >= 0.6 is 7.75 Å². The van der Waals surface area contributed by atoms with Crippen molar-refractivity contribution in [3.05, 3.63) is 48.9 Å². The number of hydrogen-bond acceptors (Lipinski definition) is 11. The number of rotatable bonds is 10. The van der Waals surface area contributed by atoms with Gasteiger partial charge < -0.3 is 34.5 Å². The molecule has 5 N–H and O–H groups in total. The normalized spacial score (nSPS) is 25.2. The van der Waals surface area contributed by atoms with E-state index in [9.17, 15) is 19.6 Å². The van der Waals surface area contributed by atoms with E-state index in [1.807, 2.05) is 0 Å². The van der Waals surface area contributed by atoms with E-state index in [0.29, 0.717) is 11.0 Å². The molecule has 39 heavy (non-hydrogen) atoms. The summed E-state index contributed by atoms with van der Waals surface area (Å²) in [6, 6.07) is 8.64. The number of aliphatic hydroxyl groups excluding tert-OH is 2. The van der Waals surface area contributed by atoms with Crippen LogP contribution in [0.1, 0.15) is 27.0 Å². The summed E-state index contributed by atoms with van der Waals surface area (Å²) in [5, 5.41) is 24.9. The van der Waals surface area contributed by atoms with Crippen LogP contribution in [-0.4, -0.2) is 67.3 Å². The van der Waals surface area contributed by atoms with Gasteiger partial charge in [0.15, 0.2) is 11.8 Å². The Balaban J connectivity index is 1.59. The van der Waals surface area contributed by atoms with Crippen molar-refractivity contribution < 1.29 is 38.1 Å². The Labute approximate surface area is 224 Å². The van der Waals surface area contributed by atoms with Gasteiger partial charge in [0, 0.05) is 6.20 Å². The second-order valence-corrected chi connectivity index (χ2v) is 10.9. The minimum Gasteiger partial charge on any atom is -0.462 e. The number of fused-ring (bicyclic) bond motifs is 1. The van der Waals surface area contributed by atoms with Gasteiger partial charge in [-0.05, 0) is 39.0 Å². The van der Waals surface area contributed by atoms with Crippen molar-refractivity contribution in [3.8, 4) is 18.1 Å². The maximum atomic E-state index is 13.8. The predicted molar refractivity (Wildman–Crippen MR) is 140 cm³/mol. The first-order chi connectivity index (χ1) is 18.5. The van der Waals surface area contributed by atoms with E-state index in [1.165, 1.54) is 30.0 Å². The van der Waals surface area contributed by atoms with Crippen molar-refractivity contribution >= 4 is 30.6 Å². The minimum atomic E-state index is -4.34. The lowest BCUT2D eigenvalue weighted by atomic mass is 9.97. The summed E-state index contributed by atoms with van der Waals surface area (Å²) in [5.74, 6) is 2.03. The number of aromatic nitrogens is 3. The van der Waals surface area contributed by atoms with Crippen LogP contribution in [0.25, 0.3) is 11.0 Å². The molecule has 1 aliphatic rings. The smallest absolute Gasteiger partial charge is 0.459 e. The van der Waals surface area contributed by atoms with Crippen LogP contribution in [0, 0.1) is 12.3 Å². The van der Waals surface area contributed by atoms with Crippen LogP contribution in [0.3, 0.4) is 0 Å². The topological polar surface area (TPSA) is 180 Å². The van der Waals surface area contributed by atoms with Crippen LogP contribution in [0.4, 0.5) is 5.82 Å². The highest BCUT2D eigenvalue weighted by atomic mass is 31.2. The SMILES string of the molecule is C#C[C@]1(CO[P@@](=O)(N[C@@H](C)C(=O)OC(C)C)Oc2ccccc2)O[C@@H](n2ccc3c(N)ncnc32)C(O)[C@H]1O. The molecule has 208 valence electrons. The molecule has 14 heteroatoms. The molecular formula is C25H30N5O8P. The van der Waals surface area contributed by atoms with E-state index in [0.717, 1.165) is 0 Å². The quantitative estimate of drug-likeness (QED) is 0.161. The zero-order valence-electron chi connectivity index (χ0n) is 21.5. The molecule has 3 aromatic rings. The molecule has 1 fully saturated rings. The molecule has 1 aromatic carbocycles. The summed E-state index contributed by atoms with van der Waals surface area (Å²) in [6.45, 7) is 4.09. The number of nitrogens with two attached hydrogens (primary N) is 1. The van der Waals surface area contributed by atoms with Crippen molar-refractivity contribution in [2.24, 2.45) is 0 Å². The fourth-order valence-electron chi connectivity index (χ4n) is 4.00. The molecule has 0 amide bonds. The Morgan fingerprint density at radius 3 is 2.67 bits per heavy atom. The number of esters is 1. The van der Waals surface area contributed by atoms with Gasteiger partial charge in [0.2, 0.25) is 0 Å². The van der Waals surface area contributed by atoms with Gasteiger partial charge in [-0.2, -0.15) is 5.09 Å². The Morgan fingerprint density at radius 2 is 2.00 bits per heavy atom. The third kappa shape index (κ3) is 5.91. The lowest BCUT2D eigenvalue weighted by Crippen LogP contribution is -2.46. The standard InChI is InChI=1S/C25H30N5O8P/c1-5-25(20(32)19(31)23(37-25)30-12-11-18-21(26)27-14-28-22(18)30)13-35-39(34,38-17-9-7-6-8-10-17)29-16(4)24(33)36-15(2)3/h1,6-12,14-16,19-20,23,31-32H,13H2,2-4H3,(H,29,34)(H2,26,27,28)/t16-,19?,20+,23+,25+,39-/m0/s1. The largest absolute Gasteiger partial charge is 0.462 e.